The SMILES string of the molecule is NNC(=O)c1ccc(C(=O)NCc2ccc(C(=O)NCCOCCO)cc2)s1. The highest BCUT2D eigenvalue weighted by molar-refractivity contribution is 7.15. The molecule has 0 aliphatic carbocycles. The molecule has 2 aromatic rings. The Hall–Kier alpha value is -2.79. The van der Waals surface area contributed by atoms with E-state index in [4.69, 9.17) is 15.7 Å². The van der Waals surface area contributed by atoms with Gasteiger partial charge in [-0.05, 0) is 29.8 Å². The predicted molar refractivity (Wildman–Crippen MR) is 104 cm³/mol. The van der Waals surface area contributed by atoms with Crippen molar-refractivity contribution < 1.29 is 24.2 Å². The van der Waals surface area contributed by atoms with Crippen molar-refractivity contribution in [3.05, 3.63) is 57.3 Å². The van der Waals surface area contributed by atoms with E-state index in [2.05, 4.69) is 10.6 Å². The van der Waals surface area contributed by atoms with Gasteiger partial charge in [0, 0.05) is 18.7 Å². The number of carbonyl (C=O) groups excluding carboxylic acids is 3. The zero-order valence-corrected chi connectivity index (χ0v) is 15.9. The van der Waals surface area contributed by atoms with Gasteiger partial charge in [0.15, 0.2) is 0 Å². The van der Waals surface area contributed by atoms with Gasteiger partial charge in [0.25, 0.3) is 17.7 Å². The Morgan fingerprint density at radius 3 is 2.25 bits per heavy atom. The molecule has 1 aromatic heterocycles. The first-order valence-corrected chi connectivity index (χ1v) is 9.31. The summed E-state index contributed by atoms with van der Waals surface area (Å²) >= 11 is 1.05. The molecule has 0 bridgehead atoms. The van der Waals surface area contributed by atoms with Crippen LogP contribution in [-0.2, 0) is 11.3 Å². The Morgan fingerprint density at radius 2 is 1.61 bits per heavy atom. The average molecular weight is 406 g/mol. The first kappa shape index (κ1) is 21.5. The predicted octanol–water partition coefficient (Wildman–Crippen LogP) is 0.0203. The first-order valence-electron chi connectivity index (χ1n) is 8.50. The van der Waals surface area contributed by atoms with Gasteiger partial charge in [-0.15, -0.1) is 11.3 Å². The maximum absolute atomic E-state index is 12.2. The Kier molecular flexibility index (Phi) is 8.56. The number of carbonyl (C=O) groups is 3. The molecule has 6 N–H and O–H groups in total. The standard InChI is InChI=1S/C18H22N4O5S/c19-22-18(26)15-6-5-14(28-15)17(25)21-11-12-1-3-13(4-2-12)16(24)20-7-9-27-10-8-23/h1-6,23H,7-11,19H2,(H,20,24)(H,21,25)(H,22,26). The summed E-state index contributed by atoms with van der Waals surface area (Å²) in [6.07, 6.45) is 0. The zero-order chi connectivity index (χ0) is 20.4. The molecule has 0 aliphatic rings. The summed E-state index contributed by atoms with van der Waals surface area (Å²) in [4.78, 5) is 36.3. The summed E-state index contributed by atoms with van der Waals surface area (Å²) in [5, 5.41) is 14.1. The lowest BCUT2D eigenvalue weighted by Crippen LogP contribution is -2.29. The van der Waals surface area contributed by atoms with Crippen molar-refractivity contribution in [2.45, 2.75) is 6.54 Å². The van der Waals surface area contributed by atoms with Crippen LogP contribution in [0.5, 0.6) is 0 Å². The van der Waals surface area contributed by atoms with E-state index in [-0.39, 0.29) is 31.6 Å². The van der Waals surface area contributed by atoms with Gasteiger partial charge in [0.05, 0.1) is 29.6 Å². The number of aliphatic hydroxyl groups is 1. The fourth-order valence-corrected chi connectivity index (χ4v) is 3.03. The Bertz CT molecular complexity index is 807. The highest BCUT2D eigenvalue weighted by atomic mass is 32.1. The van der Waals surface area contributed by atoms with Gasteiger partial charge < -0.3 is 20.5 Å². The molecule has 10 heteroatoms. The molecule has 0 saturated heterocycles. The minimum Gasteiger partial charge on any atom is -0.394 e. The van der Waals surface area contributed by atoms with E-state index in [1.165, 1.54) is 6.07 Å². The van der Waals surface area contributed by atoms with Gasteiger partial charge in [-0.1, -0.05) is 12.1 Å². The van der Waals surface area contributed by atoms with Gasteiger partial charge in [-0.25, -0.2) is 5.84 Å². The second-order valence-corrected chi connectivity index (χ2v) is 6.69. The molecule has 0 radical (unpaired) electrons. The summed E-state index contributed by atoms with van der Waals surface area (Å²) in [6, 6.07) is 9.92. The zero-order valence-electron chi connectivity index (χ0n) is 15.1. The minimum absolute atomic E-state index is 0.0530. The molecule has 3 amide bonds. The van der Waals surface area contributed by atoms with Crippen LogP contribution >= 0.6 is 11.3 Å². The van der Waals surface area contributed by atoms with Crippen LogP contribution in [0.1, 0.15) is 35.3 Å². The molecule has 0 saturated carbocycles. The second-order valence-electron chi connectivity index (χ2n) is 5.61. The molecule has 9 nitrogen and oxygen atoms in total. The highest BCUT2D eigenvalue weighted by Crippen LogP contribution is 2.16. The number of nitrogens with two attached hydrogens (primary N) is 1. The number of nitrogen functional groups attached to an aromatic ring is 1. The van der Waals surface area contributed by atoms with Crippen molar-refractivity contribution in [2.75, 3.05) is 26.4 Å². The fourth-order valence-electron chi connectivity index (χ4n) is 2.20. The van der Waals surface area contributed by atoms with E-state index in [1.807, 2.05) is 5.43 Å². The fraction of sp³-hybridized carbons (Fsp3) is 0.278. The van der Waals surface area contributed by atoms with Crippen LogP contribution in [0, 0.1) is 0 Å². The van der Waals surface area contributed by atoms with Gasteiger partial charge in [0.2, 0.25) is 0 Å². The molecule has 1 heterocycles. The molecule has 0 atom stereocenters. The van der Waals surface area contributed by atoms with E-state index in [1.54, 1.807) is 30.3 Å². The van der Waals surface area contributed by atoms with Crippen LogP contribution < -0.4 is 21.9 Å². The van der Waals surface area contributed by atoms with Crippen molar-refractivity contribution in [1.82, 2.24) is 16.1 Å². The van der Waals surface area contributed by atoms with Crippen LogP contribution in [0.25, 0.3) is 0 Å². The smallest absolute Gasteiger partial charge is 0.275 e. The number of rotatable bonds is 10. The Balaban J connectivity index is 1.80. The maximum Gasteiger partial charge on any atom is 0.275 e. The number of ether oxygens (including phenoxy) is 1. The van der Waals surface area contributed by atoms with Crippen LogP contribution in [0.2, 0.25) is 0 Å². The quantitative estimate of drug-likeness (QED) is 0.163. The van der Waals surface area contributed by atoms with E-state index >= 15 is 0 Å². The Morgan fingerprint density at radius 1 is 0.929 bits per heavy atom. The van der Waals surface area contributed by atoms with Gasteiger partial charge in [0.1, 0.15) is 0 Å². The molecule has 0 unspecified atom stereocenters. The first-order chi connectivity index (χ1) is 13.5. The monoisotopic (exact) mass is 406 g/mol. The van der Waals surface area contributed by atoms with Crippen LogP contribution in [0.3, 0.4) is 0 Å². The van der Waals surface area contributed by atoms with Crippen molar-refractivity contribution in [2.24, 2.45) is 5.84 Å². The number of hydrogen-bond donors (Lipinski definition) is 5. The second kappa shape index (κ2) is 11.1. The number of aliphatic hydroxyl groups excluding tert-OH is 1. The molecule has 2 rings (SSSR count). The number of benzene rings is 1. The van der Waals surface area contributed by atoms with Crippen molar-refractivity contribution in [1.29, 1.82) is 0 Å². The number of hydrazine groups is 1. The molecule has 0 spiro atoms. The highest BCUT2D eigenvalue weighted by Gasteiger charge is 2.13. The van der Waals surface area contributed by atoms with Crippen LogP contribution in [0.4, 0.5) is 0 Å². The van der Waals surface area contributed by atoms with Crippen molar-refractivity contribution in [3.63, 3.8) is 0 Å². The topological polar surface area (TPSA) is 143 Å². The Labute approximate surface area is 165 Å². The summed E-state index contributed by atoms with van der Waals surface area (Å²) in [5.41, 5.74) is 3.34. The number of thiophene rings is 1. The molecule has 0 fully saturated rings. The van der Waals surface area contributed by atoms with Crippen molar-refractivity contribution >= 4 is 29.1 Å². The third-order valence-corrected chi connectivity index (χ3v) is 4.70. The van der Waals surface area contributed by atoms with Crippen LogP contribution in [0.15, 0.2) is 36.4 Å². The normalized spacial score (nSPS) is 10.4. The number of hydrogen-bond acceptors (Lipinski definition) is 7. The molecule has 0 aliphatic heterocycles. The summed E-state index contributed by atoms with van der Waals surface area (Å²) in [6.45, 7) is 1.15. The lowest BCUT2D eigenvalue weighted by atomic mass is 10.1. The number of nitrogens with one attached hydrogen (secondary N) is 3. The van der Waals surface area contributed by atoms with E-state index in [9.17, 15) is 14.4 Å². The summed E-state index contributed by atoms with van der Waals surface area (Å²) in [5.74, 6) is 4.09. The van der Waals surface area contributed by atoms with Gasteiger partial charge in [-0.3, -0.25) is 19.8 Å². The molecular formula is C18H22N4O5S. The summed E-state index contributed by atoms with van der Waals surface area (Å²) in [7, 11) is 0. The third kappa shape index (κ3) is 6.43. The average Bonchev–Trinajstić information content (AvgIpc) is 3.22. The summed E-state index contributed by atoms with van der Waals surface area (Å²) < 4.78 is 5.07. The van der Waals surface area contributed by atoms with Gasteiger partial charge >= 0.3 is 0 Å². The molecule has 1 aromatic carbocycles. The van der Waals surface area contributed by atoms with Crippen LogP contribution in [-0.4, -0.2) is 49.2 Å². The van der Waals surface area contributed by atoms with E-state index in [0.717, 1.165) is 16.9 Å². The largest absolute Gasteiger partial charge is 0.394 e. The molecular weight excluding hydrogens is 384 g/mol. The third-order valence-electron chi connectivity index (χ3n) is 3.62. The minimum atomic E-state index is -0.446. The lowest BCUT2D eigenvalue weighted by Gasteiger charge is -2.07. The van der Waals surface area contributed by atoms with Gasteiger partial charge in [-0.2, -0.15) is 0 Å². The van der Waals surface area contributed by atoms with E-state index < -0.39 is 5.91 Å². The number of amides is 3. The molecule has 28 heavy (non-hydrogen) atoms. The van der Waals surface area contributed by atoms with Crippen molar-refractivity contribution in [3.8, 4) is 0 Å². The lowest BCUT2D eigenvalue weighted by molar-refractivity contribution is 0.0837. The molecule has 150 valence electrons. The maximum atomic E-state index is 12.2. The van der Waals surface area contributed by atoms with E-state index in [0.29, 0.717) is 28.5 Å².